The molecule has 0 N–H and O–H groups in total. The van der Waals surface area contributed by atoms with E-state index in [9.17, 15) is 0 Å². The zero-order valence-electron chi connectivity index (χ0n) is 20.2. The molecule has 1 heterocycles. The van der Waals surface area contributed by atoms with Crippen LogP contribution in [0.1, 0.15) is 94.5 Å². The van der Waals surface area contributed by atoms with Crippen molar-refractivity contribution in [1.82, 2.24) is 9.97 Å². The van der Waals surface area contributed by atoms with Crippen LogP contribution in [-0.2, 0) is 6.42 Å². The Hall–Kier alpha value is -2.48. The van der Waals surface area contributed by atoms with Gasteiger partial charge >= 0.3 is 0 Å². The fraction of sp³-hybridized carbons (Fsp3) is 0.448. The Kier molecular flexibility index (Phi) is 8.01. The average molecular weight is 415 g/mol. The van der Waals surface area contributed by atoms with E-state index in [-0.39, 0.29) is 0 Å². The first kappa shape index (κ1) is 23.2. The average Bonchev–Trinajstić information content (AvgIpc) is 2.76. The summed E-state index contributed by atoms with van der Waals surface area (Å²) in [6.45, 7) is 13.3. The maximum atomic E-state index is 4.98. The Labute approximate surface area is 189 Å². The molecule has 0 saturated heterocycles. The van der Waals surface area contributed by atoms with Crippen molar-refractivity contribution >= 4 is 0 Å². The smallest absolute Gasteiger partial charge is 0.160 e. The normalized spacial score (nSPS) is 11.5. The van der Waals surface area contributed by atoms with Gasteiger partial charge in [-0.2, -0.15) is 0 Å². The molecule has 0 atom stereocenters. The van der Waals surface area contributed by atoms with Crippen LogP contribution in [-0.4, -0.2) is 9.97 Å². The van der Waals surface area contributed by atoms with Crippen molar-refractivity contribution in [2.24, 2.45) is 0 Å². The number of aromatic nitrogens is 2. The monoisotopic (exact) mass is 414 g/mol. The Morgan fingerprint density at radius 2 is 1.35 bits per heavy atom. The number of hydrogen-bond donors (Lipinski definition) is 0. The Morgan fingerprint density at radius 3 is 1.94 bits per heavy atom. The van der Waals surface area contributed by atoms with E-state index < -0.39 is 0 Å². The van der Waals surface area contributed by atoms with Crippen LogP contribution in [0, 0.1) is 6.92 Å². The molecule has 3 rings (SSSR count). The van der Waals surface area contributed by atoms with E-state index in [4.69, 9.17) is 9.97 Å². The van der Waals surface area contributed by atoms with Crippen molar-refractivity contribution in [2.45, 2.75) is 85.5 Å². The predicted molar refractivity (Wildman–Crippen MR) is 134 cm³/mol. The number of unbranched alkanes of at least 4 members (excludes halogenated alkanes) is 3. The van der Waals surface area contributed by atoms with E-state index in [1.807, 2.05) is 0 Å². The van der Waals surface area contributed by atoms with Gasteiger partial charge in [-0.15, -0.1) is 0 Å². The number of benzene rings is 2. The molecule has 0 radical (unpaired) electrons. The third kappa shape index (κ3) is 6.26. The van der Waals surface area contributed by atoms with Gasteiger partial charge in [0.05, 0.1) is 5.69 Å². The summed E-state index contributed by atoms with van der Waals surface area (Å²) in [5.74, 6) is 1.79. The summed E-state index contributed by atoms with van der Waals surface area (Å²) in [5, 5.41) is 0. The van der Waals surface area contributed by atoms with E-state index >= 15 is 0 Å². The van der Waals surface area contributed by atoms with Crippen molar-refractivity contribution in [2.75, 3.05) is 0 Å². The zero-order chi connectivity index (χ0) is 22.4. The quantitative estimate of drug-likeness (QED) is 0.328. The first-order valence-electron chi connectivity index (χ1n) is 12.0. The summed E-state index contributed by atoms with van der Waals surface area (Å²) in [5.41, 5.74) is 8.43. The van der Waals surface area contributed by atoms with E-state index in [0.717, 1.165) is 29.2 Å². The summed E-state index contributed by atoms with van der Waals surface area (Å²) >= 11 is 0. The molecule has 0 spiro atoms. The molecule has 0 aliphatic heterocycles. The molecule has 164 valence electrons. The van der Waals surface area contributed by atoms with E-state index in [1.165, 1.54) is 47.9 Å². The first-order chi connectivity index (χ1) is 14.9. The van der Waals surface area contributed by atoms with Gasteiger partial charge in [-0.1, -0.05) is 84.2 Å². The fourth-order valence-corrected chi connectivity index (χ4v) is 3.91. The molecule has 0 aliphatic rings. The molecule has 1 aromatic heterocycles. The van der Waals surface area contributed by atoms with Gasteiger partial charge < -0.3 is 0 Å². The van der Waals surface area contributed by atoms with Crippen LogP contribution < -0.4 is 0 Å². The third-order valence-corrected chi connectivity index (χ3v) is 5.99. The molecule has 0 amide bonds. The van der Waals surface area contributed by atoms with Crippen LogP contribution >= 0.6 is 0 Å². The maximum absolute atomic E-state index is 4.98. The fourth-order valence-electron chi connectivity index (χ4n) is 3.91. The van der Waals surface area contributed by atoms with Crippen LogP contribution in [0.15, 0.2) is 48.5 Å². The van der Waals surface area contributed by atoms with Crippen LogP contribution in [0.3, 0.4) is 0 Å². The SMILES string of the molecule is CCCCCCc1ccc(-c2nc(C)cc(-c3cc(C(C)C)cc(C(C)C)c3)n2)cc1. The van der Waals surface area contributed by atoms with Gasteiger partial charge in [-0.25, -0.2) is 9.97 Å². The molecule has 2 nitrogen and oxygen atoms in total. The van der Waals surface area contributed by atoms with Crippen molar-refractivity contribution in [3.8, 4) is 22.6 Å². The van der Waals surface area contributed by atoms with Gasteiger partial charge in [-0.05, 0) is 66.5 Å². The predicted octanol–water partition coefficient (Wildman–Crippen LogP) is 8.49. The second-order valence-electron chi connectivity index (χ2n) is 9.42. The molecule has 2 aromatic carbocycles. The third-order valence-electron chi connectivity index (χ3n) is 5.99. The van der Waals surface area contributed by atoms with Crippen molar-refractivity contribution in [3.05, 3.63) is 70.9 Å². The molecule has 0 fully saturated rings. The topological polar surface area (TPSA) is 25.8 Å². The van der Waals surface area contributed by atoms with Gasteiger partial charge in [-0.3, -0.25) is 0 Å². The Morgan fingerprint density at radius 1 is 0.710 bits per heavy atom. The second kappa shape index (κ2) is 10.7. The molecular formula is C29H38N2. The van der Waals surface area contributed by atoms with Gasteiger partial charge in [0, 0.05) is 16.8 Å². The minimum atomic E-state index is 0.490. The molecule has 0 bridgehead atoms. The molecule has 31 heavy (non-hydrogen) atoms. The number of rotatable bonds is 9. The number of aryl methyl sites for hydroxylation is 2. The molecule has 0 unspecified atom stereocenters. The standard InChI is InChI=1S/C29H38N2/c1-7-8-9-10-11-23-12-14-24(15-13-23)29-30-22(6)16-28(31-29)27-18-25(20(2)3)17-26(19-27)21(4)5/h12-21H,7-11H2,1-6H3. The van der Waals surface area contributed by atoms with Crippen LogP contribution in [0.2, 0.25) is 0 Å². The lowest BCUT2D eigenvalue weighted by Gasteiger charge is -2.15. The molecule has 2 heteroatoms. The molecule has 0 saturated carbocycles. The summed E-state index contributed by atoms with van der Waals surface area (Å²) < 4.78 is 0. The van der Waals surface area contributed by atoms with Gasteiger partial charge in [0.2, 0.25) is 0 Å². The lowest BCUT2D eigenvalue weighted by atomic mass is 9.92. The Bertz CT molecular complexity index is 958. The van der Waals surface area contributed by atoms with Crippen molar-refractivity contribution in [1.29, 1.82) is 0 Å². The number of nitrogens with zero attached hydrogens (tertiary/aromatic N) is 2. The van der Waals surface area contributed by atoms with Gasteiger partial charge in [0.25, 0.3) is 0 Å². The highest BCUT2D eigenvalue weighted by molar-refractivity contribution is 5.66. The van der Waals surface area contributed by atoms with Crippen molar-refractivity contribution < 1.29 is 0 Å². The van der Waals surface area contributed by atoms with Crippen LogP contribution in [0.4, 0.5) is 0 Å². The zero-order valence-corrected chi connectivity index (χ0v) is 20.2. The van der Waals surface area contributed by atoms with E-state index in [1.54, 1.807) is 0 Å². The second-order valence-corrected chi connectivity index (χ2v) is 9.42. The minimum absolute atomic E-state index is 0.490. The number of hydrogen-bond acceptors (Lipinski definition) is 2. The highest BCUT2D eigenvalue weighted by Gasteiger charge is 2.12. The van der Waals surface area contributed by atoms with Crippen LogP contribution in [0.5, 0.6) is 0 Å². The maximum Gasteiger partial charge on any atom is 0.160 e. The van der Waals surface area contributed by atoms with Gasteiger partial charge in [0.15, 0.2) is 5.82 Å². The Balaban J connectivity index is 1.90. The minimum Gasteiger partial charge on any atom is -0.233 e. The summed E-state index contributed by atoms with van der Waals surface area (Å²) in [6.07, 6.45) is 6.35. The highest BCUT2D eigenvalue weighted by atomic mass is 14.9. The first-order valence-corrected chi connectivity index (χ1v) is 12.0. The summed E-state index contributed by atoms with van der Waals surface area (Å²) in [6, 6.07) is 17.9. The lowest BCUT2D eigenvalue weighted by Crippen LogP contribution is -1.99. The van der Waals surface area contributed by atoms with Gasteiger partial charge in [0.1, 0.15) is 0 Å². The largest absolute Gasteiger partial charge is 0.233 e. The van der Waals surface area contributed by atoms with E-state index in [2.05, 4.69) is 90.1 Å². The molecular weight excluding hydrogens is 376 g/mol. The van der Waals surface area contributed by atoms with Crippen molar-refractivity contribution in [3.63, 3.8) is 0 Å². The highest BCUT2D eigenvalue weighted by Crippen LogP contribution is 2.30. The molecule has 0 aliphatic carbocycles. The summed E-state index contributed by atoms with van der Waals surface area (Å²) in [4.78, 5) is 9.73. The summed E-state index contributed by atoms with van der Waals surface area (Å²) in [7, 11) is 0. The lowest BCUT2D eigenvalue weighted by molar-refractivity contribution is 0.667. The van der Waals surface area contributed by atoms with Crippen LogP contribution in [0.25, 0.3) is 22.6 Å². The van der Waals surface area contributed by atoms with E-state index in [0.29, 0.717) is 11.8 Å². The molecule has 3 aromatic rings.